The van der Waals surface area contributed by atoms with Crippen molar-refractivity contribution in [2.24, 2.45) is 0 Å². The van der Waals surface area contributed by atoms with Crippen LogP contribution in [0.5, 0.6) is 0 Å². The second kappa shape index (κ2) is 7.50. The molecular weight excluding hydrogens is 228 g/mol. The van der Waals surface area contributed by atoms with Crippen molar-refractivity contribution in [2.45, 2.75) is 13.0 Å². The van der Waals surface area contributed by atoms with Gasteiger partial charge in [-0.3, -0.25) is 4.79 Å². The number of carbonyl (C=O) groups excluding carboxylic acids is 1. The summed E-state index contributed by atoms with van der Waals surface area (Å²) in [5.41, 5.74) is 1.45. The first-order valence-electron chi connectivity index (χ1n) is 5.96. The van der Waals surface area contributed by atoms with Crippen LogP contribution in [0.25, 0.3) is 0 Å². The van der Waals surface area contributed by atoms with Gasteiger partial charge in [0.25, 0.3) is 5.91 Å². The summed E-state index contributed by atoms with van der Waals surface area (Å²) in [6.07, 6.45) is 1.66. The summed E-state index contributed by atoms with van der Waals surface area (Å²) in [7, 11) is 1.79. The minimum Gasteiger partial charge on any atom is -0.387 e. The number of benzene rings is 1. The molecule has 0 fully saturated rings. The molecule has 1 unspecified atom stereocenters. The fourth-order valence-electron chi connectivity index (χ4n) is 1.52. The molecule has 0 saturated carbocycles. The van der Waals surface area contributed by atoms with E-state index in [1.165, 1.54) is 0 Å². The molecule has 0 radical (unpaired) electrons. The maximum Gasteiger partial charge on any atom is 0.253 e. The first-order chi connectivity index (χ1) is 8.69. The Morgan fingerprint density at radius 1 is 1.50 bits per heavy atom. The smallest absolute Gasteiger partial charge is 0.253 e. The van der Waals surface area contributed by atoms with Crippen molar-refractivity contribution in [3.63, 3.8) is 0 Å². The fraction of sp³-hybridized carbons (Fsp3) is 0.357. The van der Waals surface area contributed by atoms with E-state index in [-0.39, 0.29) is 12.0 Å². The molecule has 1 aromatic carbocycles. The molecule has 4 nitrogen and oxygen atoms in total. The van der Waals surface area contributed by atoms with Crippen LogP contribution in [-0.4, -0.2) is 32.2 Å². The Bertz CT molecular complexity index is 405. The van der Waals surface area contributed by atoms with Gasteiger partial charge in [-0.25, -0.2) is 0 Å². The Morgan fingerprint density at radius 2 is 2.22 bits per heavy atom. The van der Waals surface area contributed by atoms with Crippen LogP contribution >= 0.6 is 0 Å². The third kappa shape index (κ3) is 4.22. The lowest BCUT2D eigenvalue weighted by Crippen LogP contribution is -2.32. The van der Waals surface area contributed by atoms with E-state index in [4.69, 9.17) is 4.74 Å². The van der Waals surface area contributed by atoms with Gasteiger partial charge in [0.15, 0.2) is 0 Å². The summed E-state index contributed by atoms with van der Waals surface area (Å²) in [5.74, 6) is -0.103. The van der Waals surface area contributed by atoms with Crippen LogP contribution in [0, 0.1) is 0 Å². The zero-order valence-corrected chi connectivity index (χ0v) is 10.9. The van der Waals surface area contributed by atoms with E-state index >= 15 is 0 Å². The number of anilines is 1. The van der Waals surface area contributed by atoms with Crippen molar-refractivity contribution < 1.29 is 9.53 Å². The van der Waals surface area contributed by atoms with E-state index in [9.17, 15) is 4.79 Å². The first-order valence-corrected chi connectivity index (χ1v) is 5.96. The number of hydrogen-bond acceptors (Lipinski definition) is 3. The largest absolute Gasteiger partial charge is 0.387 e. The number of para-hydroxylation sites is 1. The predicted molar refractivity (Wildman–Crippen MR) is 73.9 cm³/mol. The highest BCUT2D eigenvalue weighted by molar-refractivity contribution is 5.99. The molecule has 0 aliphatic rings. The molecule has 18 heavy (non-hydrogen) atoms. The number of nitrogens with one attached hydrogen (secondary N) is 2. The van der Waals surface area contributed by atoms with Crippen molar-refractivity contribution >= 4 is 11.6 Å². The lowest BCUT2D eigenvalue weighted by Gasteiger charge is -2.14. The second-order valence-corrected chi connectivity index (χ2v) is 3.94. The van der Waals surface area contributed by atoms with Crippen LogP contribution < -0.4 is 10.6 Å². The molecule has 1 atom stereocenters. The molecule has 1 aromatic rings. The van der Waals surface area contributed by atoms with Gasteiger partial charge in [-0.05, 0) is 19.1 Å². The Morgan fingerprint density at radius 3 is 2.89 bits per heavy atom. The number of rotatable bonds is 7. The summed E-state index contributed by atoms with van der Waals surface area (Å²) in [6.45, 7) is 6.46. The number of amides is 1. The molecule has 0 saturated heterocycles. The van der Waals surface area contributed by atoms with Gasteiger partial charge in [-0.2, -0.15) is 0 Å². The summed E-state index contributed by atoms with van der Waals surface area (Å²) in [5, 5.41) is 5.84. The van der Waals surface area contributed by atoms with Gasteiger partial charge >= 0.3 is 0 Å². The molecule has 4 heteroatoms. The van der Waals surface area contributed by atoms with E-state index in [1.807, 2.05) is 25.1 Å². The molecule has 0 bridgehead atoms. The predicted octanol–water partition coefficient (Wildman–Crippen LogP) is 2.05. The van der Waals surface area contributed by atoms with Gasteiger partial charge in [-0.1, -0.05) is 18.2 Å². The Balaban J connectivity index is 2.52. The van der Waals surface area contributed by atoms with Crippen molar-refractivity contribution in [3.05, 3.63) is 42.5 Å². The zero-order valence-electron chi connectivity index (χ0n) is 10.9. The second-order valence-electron chi connectivity index (χ2n) is 3.94. The van der Waals surface area contributed by atoms with Gasteiger partial charge in [0.05, 0.1) is 18.3 Å². The molecule has 1 rings (SSSR count). The highest BCUT2D eigenvalue weighted by Crippen LogP contribution is 2.13. The minimum atomic E-state index is -0.103. The lowest BCUT2D eigenvalue weighted by molar-refractivity contribution is 0.0770. The van der Waals surface area contributed by atoms with Crippen molar-refractivity contribution in [2.75, 3.05) is 25.5 Å². The molecule has 0 aliphatic carbocycles. The standard InChI is InChI=1S/C14H20N2O2/c1-4-9-18-11(2)10-16-14(17)12-7-5-6-8-13(12)15-3/h4-8,11,15H,1,9-10H2,2-3H3,(H,16,17). The van der Waals surface area contributed by atoms with E-state index in [1.54, 1.807) is 19.2 Å². The van der Waals surface area contributed by atoms with Gasteiger partial charge in [-0.15, -0.1) is 6.58 Å². The summed E-state index contributed by atoms with van der Waals surface area (Å²) in [4.78, 5) is 12.0. The SMILES string of the molecule is C=CCOC(C)CNC(=O)c1ccccc1NC. The average Bonchev–Trinajstić information content (AvgIpc) is 2.42. The fourth-order valence-corrected chi connectivity index (χ4v) is 1.52. The third-order valence-electron chi connectivity index (χ3n) is 2.49. The molecule has 0 aromatic heterocycles. The molecule has 0 heterocycles. The zero-order chi connectivity index (χ0) is 13.4. The highest BCUT2D eigenvalue weighted by atomic mass is 16.5. The molecule has 2 N–H and O–H groups in total. The monoisotopic (exact) mass is 248 g/mol. The normalized spacial score (nSPS) is 11.7. The van der Waals surface area contributed by atoms with E-state index < -0.39 is 0 Å². The van der Waals surface area contributed by atoms with Crippen molar-refractivity contribution in [3.8, 4) is 0 Å². The Kier molecular flexibility index (Phi) is 5.94. The molecule has 0 aliphatic heterocycles. The van der Waals surface area contributed by atoms with Crippen LogP contribution in [0.15, 0.2) is 36.9 Å². The number of ether oxygens (including phenoxy) is 1. The third-order valence-corrected chi connectivity index (χ3v) is 2.49. The summed E-state index contributed by atoms with van der Waals surface area (Å²) >= 11 is 0. The van der Waals surface area contributed by atoms with E-state index in [2.05, 4.69) is 17.2 Å². The lowest BCUT2D eigenvalue weighted by atomic mass is 10.1. The van der Waals surface area contributed by atoms with Gasteiger partial charge in [0.2, 0.25) is 0 Å². The van der Waals surface area contributed by atoms with Crippen LogP contribution in [0.4, 0.5) is 5.69 Å². The molecule has 98 valence electrons. The summed E-state index contributed by atoms with van der Waals surface area (Å²) in [6, 6.07) is 7.38. The Hall–Kier alpha value is -1.81. The van der Waals surface area contributed by atoms with Crippen molar-refractivity contribution in [1.29, 1.82) is 0 Å². The molecular formula is C14H20N2O2. The van der Waals surface area contributed by atoms with Crippen LogP contribution in [0.3, 0.4) is 0 Å². The number of carbonyl (C=O) groups is 1. The molecule has 0 spiro atoms. The number of hydrogen-bond donors (Lipinski definition) is 2. The van der Waals surface area contributed by atoms with Crippen LogP contribution in [0.2, 0.25) is 0 Å². The topological polar surface area (TPSA) is 50.4 Å². The quantitative estimate of drug-likeness (QED) is 0.726. The van der Waals surface area contributed by atoms with Gasteiger partial charge in [0, 0.05) is 19.3 Å². The van der Waals surface area contributed by atoms with Crippen LogP contribution in [0.1, 0.15) is 17.3 Å². The van der Waals surface area contributed by atoms with E-state index in [0.29, 0.717) is 18.7 Å². The Labute approximate surface area is 108 Å². The van der Waals surface area contributed by atoms with Crippen LogP contribution in [-0.2, 0) is 4.74 Å². The average molecular weight is 248 g/mol. The highest BCUT2D eigenvalue weighted by Gasteiger charge is 2.10. The minimum absolute atomic E-state index is 0.0336. The molecule has 1 amide bonds. The summed E-state index contributed by atoms with van der Waals surface area (Å²) < 4.78 is 5.39. The van der Waals surface area contributed by atoms with Gasteiger partial charge < -0.3 is 15.4 Å². The maximum absolute atomic E-state index is 12.0. The van der Waals surface area contributed by atoms with E-state index in [0.717, 1.165) is 5.69 Å². The first kappa shape index (κ1) is 14.3. The van der Waals surface area contributed by atoms with Crippen molar-refractivity contribution in [1.82, 2.24) is 5.32 Å². The van der Waals surface area contributed by atoms with Gasteiger partial charge in [0.1, 0.15) is 0 Å². The maximum atomic E-state index is 12.0.